The molecule has 1 rings (SSSR count). The van der Waals surface area contributed by atoms with Gasteiger partial charge in [0.1, 0.15) is 6.10 Å². The summed E-state index contributed by atoms with van der Waals surface area (Å²) < 4.78 is 10.9. The summed E-state index contributed by atoms with van der Waals surface area (Å²) in [6.45, 7) is 11.5. The third-order valence-electron chi connectivity index (χ3n) is 3.46. The van der Waals surface area contributed by atoms with E-state index < -0.39 is 0 Å². The van der Waals surface area contributed by atoms with E-state index in [1.165, 1.54) is 0 Å². The molecule has 1 aromatic rings. The molecule has 0 amide bonds. The fraction of sp³-hybridized carbons (Fsp3) is 0.857. The molecule has 3 atom stereocenters. The Kier molecular flexibility index (Phi) is 6.45. The topological polar surface area (TPSA) is 60.2 Å². The average Bonchev–Trinajstić information content (AvgIpc) is 2.80. The molecular weight excluding hydrogens is 242 g/mol. The lowest BCUT2D eigenvalue weighted by molar-refractivity contribution is 0.0555. The summed E-state index contributed by atoms with van der Waals surface area (Å²) in [6, 6.07) is 0.323. The molecule has 19 heavy (non-hydrogen) atoms. The van der Waals surface area contributed by atoms with Crippen molar-refractivity contribution in [3.63, 3.8) is 0 Å². The van der Waals surface area contributed by atoms with Gasteiger partial charge in [0, 0.05) is 13.2 Å². The van der Waals surface area contributed by atoms with Gasteiger partial charge in [-0.05, 0) is 25.8 Å². The summed E-state index contributed by atoms with van der Waals surface area (Å²) in [6.07, 6.45) is 0.860. The monoisotopic (exact) mass is 269 g/mol. The first kappa shape index (κ1) is 16.1. The molecule has 0 fully saturated rings. The molecule has 0 aliphatic carbocycles. The fourth-order valence-corrected chi connectivity index (χ4v) is 2.40. The highest BCUT2D eigenvalue weighted by Gasteiger charge is 2.26. The maximum absolute atomic E-state index is 5.44. The molecule has 0 spiro atoms. The average molecular weight is 269 g/mol. The number of hydrogen-bond donors (Lipinski definition) is 1. The lowest BCUT2D eigenvalue weighted by Crippen LogP contribution is -2.32. The molecule has 0 aliphatic rings. The van der Waals surface area contributed by atoms with E-state index in [1.54, 1.807) is 7.11 Å². The summed E-state index contributed by atoms with van der Waals surface area (Å²) in [5.41, 5.74) is 0. The van der Waals surface area contributed by atoms with Gasteiger partial charge in [-0.1, -0.05) is 32.9 Å². The largest absolute Gasteiger partial charge is 0.373 e. The predicted octanol–water partition coefficient (Wildman–Crippen LogP) is 2.90. The number of hydrogen-bond acceptors (Lipinski definition) is 5. The van der Waals surface area contributed by atoms with Crippen LogP contribution in [0.5, 0.6) is 0 Å². The maximum atomic E-state index is 5.44. The van der Waals surface area contributed by atoms with Crippen molar-refractivity contribution in [3.05, 3.63) is 11.7 Å². The lowest BCUT2D eigenvalue weighted by Gasteiger charge is -2.19. The lowest BCUT2D eigenvalue weighted by atomic mass is 9.98. The number of rotatable bonds is 8. The van der Waals surface area contributed by atoms with Gasteiger partial charge in [-0.15, -0.1) is 0 Å². The quantitative estimate of drug-likeness (QED) is 0.786. The highest BCUT2D eigenvalue weighted by atomic mass is 16.5. The molecule has 110 valence electrons. The van der Waals surface area contributed by atoms with Crippen LogP contribution in [0, 0.1) is 5.92 Å². The van der Waals surface area contributed by atoms with Gasteiger partial charge in [0.15, 0.2) is 0 Å². The van der Waals surface area contributed by atoms with Crippen LogP contribution in [-0.4, -0.2) is 29.8 Å². The van der Waals surface area contributed by atoms with E-state index in [0.29, 0.717) is 23.7 Å². The highest BCUT2D eigenvalue weighted by Crippen LogP contribution is 2.26. The van der Waals surface area contributed by atoms with E-state index in [4.69, 9.17) is 9.26 Å². The summed E-state index contributed by atoms with van der Waals surface area (Å²) in [7, 11) is 1.68. The first-order valence-corrected chi connectivity index (χ1v) is 7.14. The number of aromatic nitrogens is 2. The van der Waals surface area contributed by atoms with E-state index in [1.807, 2.05) is 0 Å². The Morgan fingerprint density at radius 3 is 2.42 bits per heavy atom. The number of nitrogens with one attached hydrogen (secondary N) is 1. The highest BCUT2D eigenvalue weighted by molar-refractivity contribution is 5.00. The number of likely N-dealkylation sites (N-methyl/N-ethyl adjacent to an activating group) is 1. The Labute approximate surface area is 116 Å². The zero-order chi connectivity index (χ0) is 14.4. The van der Waals surface area contributed by atoms with Gasteiger partial charge < -0.3 is 14.6 Å². The third kappa shape index (κ3) is 4.01. The van der Waals surface area contributed by atoms with Crippen LogP contribution in [0.3, 0.4) is 0 Å². The molecule has 1 heterocycles. The number of ether oxygens (including phenoxy) is 1. The first-order chi connectivity index (χ1) is 9.04. The smallest absolute Gasteiger partial charge is 0.231 e. The molecule has 5 heteroatoms. The summed E-state index contributed by atoms with van der Waals surface area (Å²) in [5, 5.41) is 7.49. The van der Waals surface area contributed by atoms with Crippen molar-refractivity contribution in [2.75, 3.05) is 13.7 Å². The number of nitrogens with zero attached hydrogens (tertiary/aromatic N) is 2. The normalized spacial score (nSPS) is 16.6. The van der Waals surface area contributed by atoms with Crippen LogP contribution in [0.1, 0.15) is 64.8 Å². The molecule has 0 saturated carbocycles. The van der Waals surface area contributed by atoms with Crippen molar-refractivity contribution in [1.29, 1.82) is 0 Å². The van der Waals surface area contributed by atoms with Crippen LogP contribution in [0.4, 0.5) is 0 Å². The summed E-state index contributed by atoms with van der Waals surface area (Å²) >= 11 is 0. The van der Waals surface area contributed by atoms with Crippen LogP contribution >= 0.6 is 0 Å². The Morgan fingerprint density at radius 2 is 1.95 bits per heavy atom. The van der Waals surface area contributed by atoms with E-state index in [-0.39, 0.29) is 12.0 Å². The zero-order valence-corrected chi connectivity index (χ0v) is 12.9. The second kappa shape index (κ2) is 7.60. The van der Waals surface area contributed by atoms with Crippen LogP contribution in [0.15, 0.2) is 4.52 Å². The predicted molar refractivity (Wildman–Crippen MR) is 75.1 cm³/mol. The van der Waals surface area contributed by atoms with E-state index in [9.17, 15) is 0 Å². The van der Waals surface area contributed by atoms with Gasteiger partial charge in [0.2, 0.25) is 11.7 Å². The molecule has 1 N–H and O–H groups in total. The first-order valence-electron chi connectivity index (χ1n) is 7.14. The van der Waals surface area contributed by atoms with Crippen molar-refractivity contribution >= 4 is 0 Å². The van der Waals surface area contributed by atoms with Crippen LogP contribution < -0.4 is 5.32 Å². The van der Waals surface area contributed by atoms with Gasteiger partial charge in [-0.3, -0.25) is 0 Å². The molecule has 5 nitrogen and oxygen atoms in total. The molecular formula is C14H27N3O2. The third-order valence-corrected chi connectivity index (χ3v) is 3.46. The maximum Gasteiger partial charge on any atom is 0.231 e. The minimum Gasteiger partial charge on any atom is -0.373 e. The number of methoxy groups -OCH3 is 1. The summed E-state index contributed by atoms with van der Waals surface area (Å²) in [5.74, 6) is 1.91. The van der Waals surface area contributed by atoms with Crippen molar-refractivity contribution in [2.24, 2.45) is 5.92 Å². The second-order valence-electron chi connectivity index (χ2n) is 5.25. The zero-order valence-electron chi connectivity index (χ0n) is 12.9. The second-order valence-corrected chi connectivity index (χ2v) is 5.25. The van der Waals surface area contributed by atoms with Gasteiger partial charge in [-0.2, -0.15) is 4.98 Å². The Bertz CT molecular complexity index is 365. The fourth-order valence-electron chi connectivity index (χ4n) is 2.40. The van der Waals surface area contributed by atoms with Crippen molar-refractivity contribution in [1.82, 2.24) is 15.5 Å². The Morgan fingerprint density at radius 1 is 1.26 bits per heavy atom. The Balaban J connectivity index is 2.87. The minimum atomic E-state index is -0.107. The summed E-state index contributed by atoms with van der Waals surface area (Å²) in [4.78, 5) is 4.53. The standard InChI is InChI=1S/C14H27N3O2/c1-7-11(10(5)15-8-2)14-16-13(17-19-14)12(18-6)9(3)4/h9-12,15H,7-8H2,1-6H3. The van der Waals surface area contributed by atoms with Crippen molar-refractivity contribution in [3.8, 4) is 0 Å². The van der Waals surface area contributed by atoms with Crippen LogP contribution in [-0.2, 0) is 4.74 Å². The van der Waals surface area contributed by atoms with Gasteiger partial charge in [0.05, 0.1) is 5.92 Å². The van der Waals surface area contributed by atoms with Gasteiger partial charge in [0.25, 0.3) is 0 Å². The molecule has 0 aromatic carbocycles. The van der Waals surface area contributed by atoms with E-state index in [2.05, 4.69) is 50.1 Å². The van der Waals surface area contributed by atoms with E-state index in [0.717, 1.165) is 13.0 Å². The van der Waals surface area contributed by atoms with Gasteiger partial charge in [-0.25, -0.2) is 0 Å². The van der Waals surface area contributed by atoms with E-state index >= 15 is 0 Å². The minimum absolute atomic E-state index is 0.107. The molecule has 1 aromatic heterocycles. The molecule has 0 bridgehead atoms. The van der Waals surface area contributed by atoms with Crippen LogP contribution in [0.2, 0.25) is 0 Å². The van der Waals surface area contributed by atoms with Crippen molar-refractivity contribution in [2.45, 2.75) is 59.1 Å². The molecule has 3 unspecified atom stereocenters. The Hall–Kier alpha value is -0.940. The molecule has 0 aliphatic heterocycles. The molecule has 0 saturated heterocycles. The van der Waals surface area contributed by atoms with Crippen LogP contribution in [0.25, 0.3) is 0 Å². The van der Waals surface area contributed by atoms with Gasteiger partial charge >= 0.3 is 0 Å². The molecule has 0 radical (unpaired) electrons. The SMILES string of the molecule is CCNC(C)C(CC)c1nc(C(OC)C(C)C)no1. The van der Waals surface area contributed by atoms with Crippen molar-refractivity contribution < 1.29 is 9.26 Å².